The largest absolute Gasteiger partial charge is 0.368 e. The molecule has 0 bridgehead atoms. The molecule has 0 aliphatic heterocycles. The average Bonchev–Trinajstić information content (AvgIpc) is 3.16. The van der Waals surface area contributed by atoms with Crippen LogP contribution >= 0.6 is 0 Å². The lowest BCUT2D eigenvalue weighted by Gasteiger charge is -2.05. The zero-order valence-electron chi connectivity index (χ0n) is 10.0. The minimum absolute atomic E-state index is 0.226. The second kappa shape index (κ2) is 4.01. The van der Waals surface area contributed by atoms with Gasteiger partial charge in [-0.2, -0.15) is 9.97 Å². The molecule has 0 unspecified atom stereocenters. The first-order valence-electron chi connectivity index (χ1n) is 5.91. The first kappa shape index (κ1) is 11.1. The number of aryl methyl sites for hydroxylation is 1. The predicted octanol–water partition coefficient (Wildman–Crippen LogP) is 2.45. The van der Waals surface area contributed by atoms with Gasteiger partial charge in [0.05, 0.1) is 0 Å². The van der Waals surface area contributed by atoms with Gasteiger partial charge in [-0.25, -0.2) is 9.37 Å². The second-order valence-corrected chi connectivity index (χ2v) is 4.61. The molecule has 1 heterocycles. The number of anilines is 1. The normalized spacial score (nSPS) is 14.8. The molecule has 0 radical (unpaired) electrons. The van der Waals surface area contributed by atoms with E-state index < -0.39 is 0 Å². The summed E-state index contributed by atoms with van der Waals surface area (Å²) in [5.74, 6) is 1.68. The minimum Gasteiger partial charge on any atom is -0.368 e. The highest BCUT2D eigenvalue weighted by Crippen LogP contribution is 2.38. The van der Waals surface area contributed by atoms with Gasteiger partial charge >= 0.3 is 0 Å². The van der Waals surface area contributed by atoms with Crippen LogP contribution < -0.4 is 5.73 Å². The van der Waals surface area contributed by atoms with Gasteiger partial charge < -0.3 is 5.73 Å². The highest BCUT2D eigenvalue weighted by atomic mass is 19.1. The van der Waals surface area contributed by atoms with E-state index in [0.717, 1.165) is 24.2 Å². The van der Waals surface area contributed by atoms with Crippen LogP contribution in [-0.2, 0) is 0 Å². The monoisotopic (exact) mass is 244 g/mol. The molecule has 1 aromatic carbocycles. The maximum absolute atomic E-state index is 13.2. The molecule has 1 saturated carbocycles. The highest BCUT2D eigenvalue weighted by Gasteiger charge is 2.27. The van der Waals surface area contributed by atoms with E-state index in [0.29, 0.717) is 17.3 Å². The third kappa shape index (κ3) is 2.03. The Kier molecular flexibility index (Phi) is 2.47. The molecule has 2 aromatic rings. The number of nitrogens with zero attached hydrogens (tertiary/aromatic N) is 3. The lowest BCUT2D eigenvalue weighted by atomic mass is 10.1. The van der Waals surface area contributed by atoms with E-state index >= 15 is 0 Å². The van der Waals surface area contributed by atoms with Gasteiger partial charge in [0.25, 0.3) is 0 Å². The van der Waals surface area contributed by atoms with Gasteiger partial charge in [0, 0.05) is 11.5 Å². The Morgan fingerprint density at radius 1 is 1.22 bits per heavy atom. The summed E-state index contributed by atoms with van der Waals surface area (Å²) >= 11 is 0. The fourth-order valence-electron chi connectivity index (χ4n) is 1.85. The van der Waals surface area contributed by atoms with Crippen LogP contribution in [0.1, 0.15) is 30.1 Å². The molecule has 0 amide bonds. The van der Waals surface area contributed by atoms with E-state index in [1.165, 1.54) is 6.07 Å². The van der Waals surface area contributed by atoms with Crippen molar-refractivity contribution in [3.63, 3.8) is 0 Å². The van der Waals surface area contributed by atoms with Crippen LogP contribution in [0.2, 0.25) is 0 Å². The summed E-state index contributed by atoms with van der Waals surface area (Å²) in [6.07, 6.45) is 2.21. The SMILES string of the molecule is Cc1cc(-c2nc(N)nc(C3CC3)n2)ccc1F. The molecule has 0 saturated heterocycles. The molecule has 0 spiro atoms. The highest BCUT2D eigenvalue weighted by molar-refractivity contribution is 5.57. The molecule has 1 fully saturated rings. The van der Waals surface area contributed by atoms with Gasteiger partial charge in [-0.15, -0.1) is 0 Å². The van der Waals surface area contributed by atoms with Crippen molar-refractivity contribution < 1.29 is 4.39 Å². The van der Waals surface area contributed by atoms with Crippen molar-refractivity contribution in [3.8, 4) is 11.4 Å². The fourth-order valence-corrected chi connectivity index (χ4v) is 1.85. The molecule has 5 heteroatoms. The Morgan fingerprint density at radius 3 is 2.67 bits per heavy atom. The van der Waals surface area contributed by atoms with E-state index in [1.807, 2.05) is 0 Å². The number of nitrogens with two attached hydrogens (primary N) is 1. The smallest absolute Gasteiger partial charge is 0.223 e. The molecule has 1 aliphatic carbocycles. The van der Waals surface area contributed by atoms with Crippen LogP contribution in [0.3, 0.4) is 0 Å². The molecular weight excluding hydrogens is 231 g/mol. The summed E-state index contributed by atoms with van der Waals surface area (Å²) in [4.78, 5) is 12.7. The predicted molar refractivity (Wildman–Crippen MR) is 66.3 cm³/mol. The van der Waals surface area contributed by atoms with E-state index in [1.54, 1.807) is 19.1 Å². The molecule has 4 nitrogen and oxygen atoms in total. The summed E-state index contributed by atoms with van der Waals surface area (Å²) in [6.45, 7) is 1.71. The molecule has 1 aliphatic rings. The van der Waals surface area contributed by atoms with E-state index in [9.17, 15) is 4.39 Å². The molecule has 0 atom stereocenters. The molecular formula is C13H13FN4. The van der Waals surface area contributed by atoms with Crippen molar-refractivity contribution >= 4 is 5.95 Å². The van der Waals surface area contributed by atoms with Crippen LogP contribution in [0, 0.1) is 12.7 Å². The van der Waals surface area contributed by atoms with Gasteiger partial charge in [0.1, 0.15) is 11.6 Å². The third-order valence-corrected chi connectivity index (χ3v) is 3.03. The molecule has 18 heavy (non-hydrogen) atoms. The average molecular weight is 244 g/mol. The van der Waals surface area contributed by atoms with Crippen molar-refractivity contribution in [1.82, 2.24) is 15.0 Å². The summed E-state index contributed by atoms with van der Waals surface area (Å²) in [6, 6.07) is 4.80. The number of aromatic nitrogens is 3. The number of hydrogen-bond donors (Lipinski definition) is 1. The molecule has 2 N–H and O–H groups in total. The third-order valence-electron chi connectivity index (χ3n) is 3.03. The van der Waals surface area contributed by atoms with Crippen LogP contribution in [0.25, 0.3) is 11.4 Å². The number of benzene rings is 1. The second-order valence-electron chi connectivity index (χ2n) is 4.61. The quantitative estimate of drug-likeness (QED) is 0.881. The summed E-state index contributed by atoms with van der Waals surface area (Å²) in [7, 11) is 0. The topological polar surface area (TPSA) is 64.7 Å². The lowest BCUT2D eigenvalue weighted by molar-refractivity contribution is 0.618. The zero-order chi connectivity index (χ0) is 12.7. The van der Waals surface area contributed by atoms with Gasteiger partial charge in [-0.3, -0.25) is 0 Å². The Bertz CT molecular complexity index is 608. The maximum atomic E-state index is 13.2. The van der Waals surface area contributed by atoms with Crippen molar-refractivity contribution in [2.24, 2.45) is 0 Å². The van der Waals surface area contributed by atoms with Crippen molar-refractivity contribution in [3.05, 3.63) is 35.4 Å². The molecule has 1 aromatic heterocycles. The zero-order valence-corrected chi connectivity index (χ0v) is 10.0. The Balaban J connectivity index is 2.07. The number of rotatable bonds is 2. The lowest BCUT2D eigenvalue weighted by Crippen LogP contribution is -2.04. The fraction of sp³-hybridized carbons (Fsp3) is 0.308. The first-order valence-corrected chi connectivity index (χ1v) is 5.91. The van der Waals surface area contributed by atoms with E-state index in [4.69, 9.17) is 5.73 Å². The number of hydrogen-bond acceptors (Lipinski definition) is 4. The molecule has 92 valence electrons. The van der Waals surface area contributed by atoms with Crippen LogP contribution in [0.15, 0.2) is 18.2 Å². The van der Waals surface area contributed by atoms with Crippen molar-refractivity contribution in [2.45, 2.75) is 25.7 Å². The van der Waals surface area contributed by atoms with Gasteiger partial charge in [-0.1, -0.05) is 0 Å². The van der Waals surface area contributed by atoms with Crippen LogP contribution in [0.5, 0.6) is 0 Å². The van der Waals surface area contributed by atoms with Gasteiger partial charge in [0.2, 0.25) is 5.95 Å². The Labute approximate surface area is 104 Å². The summed E-state index contributed by atoms with van der Waals surface area (Å²) < 4.78 is 13.2. The Morgan fingerprint density at radius 2 is 2.00 bits per heavy atom. The van der Waals surface area contributed by atoms with Crippen LogP contribution in [-0.4, -0.2) is 15.0 Å². The molecule has 3 rings (SSSR count). The van der Waals surface area contributed by atoms with Crippen molar-refractivity contribution in [1.29, 1.82) is 0 Å². The van der Waals surface area contributed by atoms with Crippen LogP contribution in [0.4, 0.5) is 10.3 Å². The Hall–Kier alpha value is -2.04. The number of nitrogen functional groups attached to an aromatic ring is 1. The summed E-state index contributed by atoms with van der Waals surface area (Å²) in [5.41, 5.74) is 7.03. The van der Waals surface area contributed by atoms with Gasteiger partial charge in [-0.05, 0) is 43.5 Å². The summed E-state index contributed by atoms with van der Waals surface area (Å²) in [5, 5.41) is 0. The number of halogens is 1. The maximum Gasteiger partial charge on any atom is 0.223 e. The van der Waals surface area contributed by atoms with E-state index in [-0.39, 0.29) is 11.8 Å². The standard InChI is InChI=1S/C13H13FN4/c1-7-6-9(4-5-10(7)14)12-16-11(8-2-3-8)17-13(15)18-12/h4-6,8H,2-3H2,1H3,(H2,15,16,17,18). The minimum atomic E-state index is -0.233. The van der Waals surface area contributed by atoms with Gasteiger partial charge in [0.15, 0.2) is 5.82 Å². The first-order chi connectivity index (χ1) is 8.63. The van der Waals surface area contributed by atoms with Crippen molar-refractivity contribution in [2.75, 3.05) is 5.73 Å². The van der Waals surface area contributed by atoms with E-state index in [2.05, 4.69) is 15.0 Å².